The van der Waals surface area contributed by atoms with Crippen molar-refractivity contribution in [3.8, 4) is 5.75 Å². The van der Waals surface area contributed by atoms with Crippen LogP contribution in [-0.2, 0) is 0 Å². The zero-order valence-corrected chi connectivity index (χ0v) is 11.4. The van der Waals surface area contributed by atoms with Crippen molar-refractivity contribution in [2.75, 3.05) is 6.61 Å². The van der Waals surface area contributed by atoms with Crippen LogP contribution >= 0.6 is 0 Å². The van der Waals surface area contributed by atoms with E-state index in [4.69, 9.17) is 10.6 Å². The minimum atomic E-state index is 0.199. The Labute approximate surface area is 110 Å². The van der Waals surface area contributed by atoms with E-state index in [-0.39, 0.29) is 6.04 Å². The average Bonchev–Trinajstić information content (AvgIpc) is 2.79. The van der Waals surface area contributed by atoms with Gasteiger partial charge < -0.3 is 4.74 Å². The molecule has 3 nitrogen and oxygen atoms in total. The summed E-state index contributed by atoms with van der Waals surface area (Å²) >= 11 is 0. The van der Waals surface area contributed by atoms with E-state index >= 15 is 0 Å². The Morgan fingerprint density at radius 2 is 2.17 bits per heavy atom. The first-order chi connectivity index (χ1) is 8.77. The molecular formula is C15H24N2O. The summed E-state index contributed by atoms with van der Waals surface area (Å²) in [5, 5.41) is 0. The summed E-state index contributed by atoms with van der Waals surface area (Å²) in [6, 6.07) is 8.43. The van der Waals surface area contributed by atoms with E-state index in [0.29, 0.717) is 12.5 Å². The number of hydrazine groups is 1. The predicted molar refractivity (Wildman–Crippen MR) is 74.2 cm³/mol. The average molecular weight is 248 g/mol. The van der Waals surface area contributed by atoms with Crippen molar-refractivity contribution in [2.45, 2.75) is 39.2 Å². The summed E-state index contributed by atoms with van der Waals surface area (Å²) in [6.07, 6.45) is 3.86. The standard InChI is InChI=1S/C15H24N2O/c1-3-18-14-10-5-4-8-13(14)15(17-16)12-9-6-7-11(12)2/h4-5,8,10-12,15,17H,3,6-7,9,16H2,1-2H3. The number of hydrogen-bond donors (Lipinski definition) is 2. The number of ether oxygens (including phenoxy) is 1. The number of para-hydroxylation sites is 1. The van der Waals surface area contributed by atoms with Crippen molar-refractivity contribution in [3.05, 3.63) is 29.8 Å². The van der Waals surface area contributed by atoms with Gasteiger partial charge in [-0.3, -0.25) is 11.3 Å². The first-order valence-electron chi connectivity index (χ1n) is 6.95. The van der Waals surface area contributed by atoms with Gasteiger partial charge in [0.1, 0.15) is 5.75 Å². The van der Waals surface area contributed by atoms with E-state index in [2.05, 4.69) is 24.5 Å². The van der Waals surface area contributed by atoms with Gasteiger partial charge in [-0.15, -0.1) is 0 Å². The molecule has 1 aromatic carbocycles. The van der Waals surface area contributed by atoms with E-state index in [1.165, 1.54) is 24.8 Å². The summed E-state index contributed by atoms with van der Waals surface area (Å²) < 4.78 is 5.72. The van der Waals surface area contributed by atoms with Gasteiger partial charge in [-0.1, -0.05) is 38.0 Å². The fraction of sp³-hybridized carbons (Fsp3) is 0.600. The lowest BCUT2D eigenvalue weighted by atomic mass is 9.86. The van der Waals surface area contributed by atoms with Gasteiger partial charge in [0, 0.05) is 5.56 Å². The van der Waals surface area contributed by atoms with Crippen LogP contribution in [0.1, 0.15) is 44.7 Å². The summed E-state index contributed by atoms with van der Waals surface area (Å²) in [4.78, 5) is 0. The Hall–Kier alpha value is -1.06. The molecule has 0 aliphatic heterocycles. The maximum Gasteiger partial charge on any atom is 0.124 e. The molecule has 1 saturated carbocycles. The van der Waals surface area contributed by atoms with Crippen LogP contribution in [0.5, 0.6) is 5.75 Å². The lowest BCUT2D eigenvalue weighted by Crippen LogP contribution is -2.34. The number of benzene rings is 1. The van der Waals surface area contributed by atoms with Crippen LogP contribution in [0.15, 0.2) is 24.3 Å². The van der Waals surface area contributed by atoms with Gasteiger partial charge in [0.25, 0.3) is 0 Å². The minimum absolute atomic E-state index is 0.199. The molecule has 0 aromatic heterocycles. The second-order valence-corrected chi connectivity index (χ2v) is 5.19. The Balaban J connectivity index is 2.26. The SMILES string of the molecule is CCOc1ccccc1C(NN)C1CCCC1C. The van der Waals surface area contributed by atoms with Crippen molar-refractivity contribution in [2.24, 2.45) is 17.7 Å². The Kier molecular flexibility index (Phi) is 4.61. The molecule has 0 amide bonds. The van der Waals surface area contributed by atoms with Crippen molar-refractivity contribution < 1.29 is 4.74 Å². The lowest BCUT2D eigenvalue weighted by Gasteiger charge is -2.28. The molecule has 1 fully saturated rings. The minimum Gasteiger partial charge on any atom is -0.494 e. The quantitative estimate of drug-likeness (QED) is 0.622. The van der Waals surface area contributed by atoms with E-state index in [9.17, 15) is 0 Å². The highest BCUT2D eigenvalue weighted by atomic mass is 16.5. The first-order valence-corrected chi connectivity index (χ1v) is 6.95. The number of nitrogens with one attached hydrogen (secondary N) is 1. The van der Waals surface area contributed by atoms with Crippen molar-refractivity contribution in [3.63, 3.8) is 0 Å². The third-order valence-electron chi connectivity index (χ3n) is 4.09. The molecule has 3 unspecified atom stereocenters. The number of nitrogens with two attached hydrogens (primary N) is 1. The molecule has 100 valence electrons. The zero-order chi connectivity index (χ0) is 13.0. The van der Waals surface area contributed by atoms with Gasteiger partial charge in [-0.2, -0.15) is 0 Å². The molecule has 0 bridgehead atoms. The summed E-state index contributed by atoms with van der Waals surface area (Å²) in [5.74, 6) is 8.10. The molecule has 0 heterocycles. The van der Waals surface area contributed by atoms with Crippen molar-refractivity contribution in [1.29, 1.82) is 0 Å². The van der Waals surface area contributed by atoms with Gasteiger partial charge in [-0.05, 0) is 31.2 Å². The van der Waals surface area contributed by atoms with Crippen LogP contribution < -0.4 is 16.0 Å². The number of hydrogen-bond acceptors (Lipinski definition) is 3. The molecule has 0 spiro atoms. The highest BCUT2D eigenvalue weighted by molar-refractivity contribution is 5.36. The molecule has 1 aliphatic rings. The fourth-order valence-corrected chi connectivity index (χ4v) is 3.14. The zero-order valence-electron chi connectivity index (χ0n) is 11.4. The fourth-order valence-electron chi connectivity index (χ4n) is 3.14. The molecule has 0 saturated heterocycles. The van der Waals surface area contributed by atoms with E-state index < -0.39 is 0 Å². The third kappa shape index (κ3) is 2.68. The molecule has 1 aliphatic carbocycles. The monoisotopic (exact) mass is 248 g/mol. The molecule has 1 aromatic rings. The van der Waals surface area contributed by atoms with Crippen LogP contribution in [0.4, 0.5) is 0 Å². The molecule has 18 heavy (non-hydrogen) atoms. The smallest absolute Gasteiger partial charge is 0.124 e. The van der Waals surface area contributed by atoms with Gasteiger partial charge in [0.2, 0.25) is 0 Å². The maximum absolute atomic E-state index is 5.81. The largest absolute Gasteiger partial charge is 0.494 e. The lowest BCUT2D eigenvalue weighted by molar-refractivity contribution is 0.284. The van der Waals surface area contributed by atoms with Crippen molar-refractivity contribution >= 4 is 0 Å². The van der Waals surface area contributed by atoms with E-state index in [0.717, 1.165) is 11.7 Å². The summed E-state index contributed by atoms with van der Waals surface area (Å²) in [5.41, 5.74) is 4.20. The van der Waals surface area contributed by atoms with Crippen LogP contribution in [-0.4, -0.2) is 6.61 Å². The van der Waals surface area contributed by atoms with Gasteiger partial charge in [0.05, 0.1) is 12.6 Å². The summed E-state index contributed by atoms with van der Waals surface area (Å²) in [7, 11) is 0. The highest BCUT2D eigenvalue weighted by Crippen LogP contribution is 2.41. The topological polar surface area (TPSA) is 47.3 Å². The Morgan fingerprint density at radius 3 is 2.78 bits per heavy atom. The molecule has 2 rings (SSSR count). The Morgan fingerprint density at radius 1 is 1.39 bits per heavy atom. The van der Waals surface area contributed by atoms with Crippen LogP contribution in [0.3, 0.4) is 0 Å². The Bertz CT molecular complexity index is 381. The molecular weight excluding hydrogens is 224 g/mol. The van der Waals surface area contributed by atoms with Crippen LogP contribution in [0, 0.1) is 11.8 Å². The second-order valence-electron chi connectivity index (χ2n) is 5.19. The van der Waals surface area contributed by atoms with Crippen LogP contribution in [0.25, 0.3) is 0 Å². The normalized spacial score (nSPS) is 25.1. The summed E-state index contributed by atoms with van der Waals surface area (Å²) in [6.45, 7) is 5.03. The first kappa shape index (κ1) is 13.4. The van der Waals surface area contributed by atoms with Gasteiger partial charge in [0.15, 0.2) is 0 Å². The van der Waals surface area contributed by atoms with Gasteiger partial charge in [-0.25, -0.2) is 0 Å². The number of rotatable bonds is 5. The third-order valence-corrected chi connectivity index (χ3v) is 4.09. The van der Waals surface area contributed by atoms with Crippen LogP contribution in [0.2, 0.25) is 0 Å². The molecule has 3 N–H and O–H groups in total. The maximum atomic E-state index is 5.81. The van der Waals surface area contributed by atoms with E-state index in [1.807, 2.05) is 19.1 Å². The van der Waals surface area contributed by atoms with Crippen molar-refractivity contribution in [1.82, 2.24) is 5.43 Å². The van der Waals surface area contributed by atoms with E-state index in [1.54, 1.807) is 0 Å². The highest BCUT2D eigenvalue weighted by Gasteiger charge is 2.32. The second kappa shape index (κ2) is 6.21. The molecule has 0 radical (unpaired) electrons. The molecule has 3 heteroatoms. The predicted octanol–water partition coefficient (Wildman–Crippen LogP) is 3.03. The van der Waals surface area contributed by atoms with Gasteiger partial charge >= 0.3 is 0 Å². The molecule has 3 atom stereocenters.